The molecule has 20 heteroatoms. The molecule has 3 N–H and O–H groups in total. The Kier molecular flexibility index (Phi) is 23.3. The molecule has 0 saturated heterocycles. The second kappa shape index (κ2) is 31.9. The fraction of sp³-hybridized carbons (Fsp3) is 0.237. The third-order valence-corrected chi connectivity index (χ3v) is 15.5. The van der Waals surface area contributed by atoms with Crippen LogP contribution in [-0.4, -0.2) is 82.4 Å². The first kappa shape index (κ1) is 70.3. The van der Waals surface area contributed by atoms with Gasteiger partial charge in [0.1, 0.15) is 28.6 Å². The summed E-state index contributed by atoms with van der Waals surface area (Å²) in [4.78, 5) is 26.2. The van der Waals surface area contributed by atoms with Crippen molar-refractivity contribution in [3.8, 4) is 0 Å². The number of benzene rings is 4. The second-order valence-electron chi connectivity index (χ2n) is 24.1. The van der Waals surface area contributed by atoms with Gasteiger partial charge in [-0.05, 0) is 218 Å². The van der Waals surface area contributed by atoms with Gasteiger partial charge in [-0.2, -0.15) is 10.2 Å². The van der Waals surface area contributed by atoms with Crippen molar-refractivity contribution in [3.05, 3.63) is 279 Å². The standard InChI is InChI=1S/C10H11N.C9H10N2O.4C9H10N2.C8H9N3.C8H11N3.C5H7NO/c1-8-3-4-9-5-6-11(2)10(9)7-8;1-6-3-4-7-8(5-6)11(2)9(12)10-7;1-7-3-4-9-10-5-8(2)11(9)6-7;1-7-3-4-8-9(5-7)11(2)6-10-8;1-7-3-4-8-6-10-11(2)9(8)5-7;1-7-3-4-11-9(5-7)8(2)6-10-11;1-6-3-4-8-10-9-7(2)11(8)5-6;1-6-3-4-8(10)11(5-6)7(2)9;1-4-3-6-5(2)7-4/h3-7H,1-2H3;3-5H,1-2H3,(H,10,12);4*3-6H,1-2H3;3-5H,1-2H3;3-5,9-10H,1-2H3;3H,1-2H3. The molecule has 0 bridgehead atoms. The number of pyridine rings is 4. The predicted molar refractivity (Wildman–Crippen MR) is 388 cm³/mol. The van der Waals surface area contributed by atoms with Gasteiger partial charge in [-0.3, -0.25) is 29.0 Å². The molecule has 0 spiro atoms. The topological polar surface area (TPSA) is 222 Å². The zero-order chi connectivity index (χ0) is 69.5. The van der Waals surface area contributed by atoms with Crippen molar-refractivity contribution < 1.29 is 4.42 Å². The van der Waals surface area contributed by atoms with Gasteiger partial charge in [-0.15, -0.1) is 10.2 Å². The lowest BCUT2D eigenvalue weighted by Gasteiger charge is -2.03. The van der Waals surface area contributed by atoms with Crippen molar-refractivity contribution in [1.82, 2.24) is 76.6 Å². The number of fused-ring (bicyclic) bond motifs is 7. The highest BCUT2D eigenvalue weighted by Gasteiger charge is 2.04. The van der Waals surface area contributed by atoms with Crippen molar-refractivity contribution in [2.24, 2.45) is 28.2 Å². The molecule has 0 fully saturated rings. The van der Waals surface area contributed by atoms with E-state index in [0.29, 0.717) is 11.3 Å². The maximum absolute atomic E-state index is 11.2. The molecule has 0 radical (unpaired) electrons. The summed E-state index contributed by atoms with van der Waals surface area (Å²) in [5.74, 6) is 2.91. The molecule has 0 saturated carbocycles. The Balaban J connectivity index is 0.000000138. The van der Waals surface area contributed by atoms with Gasteiger partial charge in [-0.1, -0.05) is 54.6 Å². The monoisotopic (exact) mass is 1280 g/mol. The number of nitrogens with zero attached hydrogens (tertiary/aromatic N) is 15. The Bertz CT molecular complexity index is 4780. The Morgan fingerprint density at radius 2 is 1.07 bits per heavy atom. The van der Waals surface area contributed by atoms with Gasteiger partial charge >= 0.3 is 5.69 Å². The van der Waals surface area contributed by atoms with E-state index in [1.165, 1.54) is 82.0 Å². The number of nitrogens with one attached hydrogen (secondary N) is 3. The molecule has 0 unspecified atom stereocenters. The van der Waals surface area contributed by atoms with Crippen molar-refractivity contribution in [2.75, 3.05) is 0 Å². The molecule has 0 aliphatic rings. The van der Waals surface area contributed by atoms with Crippen LogP contribution in [0.2, 0.25) is 0 Å². The molecule has 12 aromatic heterocycles. The van der Waals surface area contributed by atoms with Gasteiger partial charge in [0.2, 0.25) is 0 Å². The van der Waals surface area contributed by atoms with E-state index >= 15 is 0 Å². The fourth-order valence-corrected chi connectivity index (χ4v) is 10.1. The first-order chi connectivity index (χ1) is 45.7. The highest BCUT2D eigenvalue weighted by molar-refractivity contribution is 5.81. The summed E-state index contributed by atoms with van der Waals surface area (Å²) in [6.45, 7) is 27.9. The van der Waals surface area contributed by atoms with E-state index in [9.17, 15) is 4.79 Å². The van der Waals surface area contributed by atoms with Crippen LogP contribution >= 0.6 is 0 Å². The average molecular weight is 1290 g/mol. The minimum Gasteiger partial charge on any atom is -0.446 e. The summed E-state index contributed by atoms with van der Waals surface area (Å²) < 4.78 is 20.2. The SMILES string of the molecule is CC(=N)n1cc(C)ccc1=N.Cc1ccc2[nH]c(=O)n(C)c2c1.Cc1ccc2ccn(C)c2c1.Cc1ccc2cnn(C)c2c1.Cc1ccc2ncc(C)n2c1.Cc1ccc2ncn(C)c2c1.Cc1ccc2nnc(C)n2c1.Cc1ccn2ncc(C)c2c1.Cc1cnc(C)o1. The number of aromatic amines is 1. The molecule has 4 aromatic carbocycles. The average Bonchev–Trinajstić information content (AvgIpc) is 1.75. The summed E-state index contributed by atoms with van der Waals surface area (Å²) in [6, 6.07) is 43.0. The van der Waals surface area contributed by atoms with Gasteiger partial charge in [0, 0.05) is 88.9 Å². The van der Waals surface area contributed by atoms with E-state index in [1.807, 2.05) is 153 Å². The van der Waals surface area contributed by atoms with Gasteiger partial charge < -0.3 is 22.9 Å². The maximum atomic E-state index is 11.2. The summed E-state index contributed by atoms with van der Waals surface area (Å²) in [5.41, 5.74) is 22.3. The minimum absolute atomic E-state index is 0.0596. The Morgan fingerprint density at radius 1 is 0.490 bits per heavy atom. The number of hydrogen-bond acceptors (Lipinski definition) is 11. The zero-order valence-corrected chi connectivity index (χ0v) is 58.4. The third kappa shape index (κ3) is 18.6. The number of oxazole rings is 1. The molecule has 16 rings (SSSR count). The number of aromatic nitrogens is 16. The summed E-state index contributed by atoms with van der Waals surface area (Å²) in [7, 11) is 7.80. The third-order valence-electron chi connectivity index (χ3n) is 15.5. The molecule has 0 aliphatic heterocycles. The highest BCUT2D eigenvalue weighted by Crippen LogP contribution is 2.18. The van der Waals surface area contributed by atoms with Crippen LogP contribution in [0.25, 0.3) is 60.7 Å². The van der Waals surface area contributed by atoms with Crippen LogP contribution in [0, 0.1) is 101 Å². The Morgan fingerprint density at radius 3 is 1.73 bits per heavy atom. The van der Waals surface area contributed by atoms with Crippen molar-refractivity contribution in [1.29, 1.82) is 10.8 Å². The van der Waals surface area contributed by atoms with Crippen molar-refractivity contribution in [2.45, 2.75) is 96.9 Å². The van der Waals surface area contributed by atoms with Gasteiger partial charge in [-0.25, -0.2) is 24.3 Å². The van der Waals surface area contributed by atoms with Crippen LogP contribution in [0.1, 0.15) is 80.2 Å². The molecule has 96 heavy (non-hydrogen) atoms. The molecular weight excluding hydrogens is 1200 g/mol. The summed E-state index contributed by atoms with van der Waals surface area (Å²) >= 11 is 0. The second-order valence-corrected chi connectivity index (χ2v) is 24.1. The molecule has 0 atom stereocenters. The van der Waals surface area contributed by atoms with Crippen LogP contribution in [-0.2, 0) is 28.2 Å². The quantitative estimate of drug-likeness (QED) is 0.0969. The number of imidazole rings is 3. The minimum atomic E-state index is -0.0596. The first-order valence-corrected chi connectivity index (χ1v) is 31.4. The predicted octanol–water partition coefficient (Wildman–Crippen LogP) is 15.1. The lowest BCUT2D eigenvalue weighted by atomic mass is 10.2. The lowest BCUT2D eigenvalue weighted by Crippen LogP contribution is -2.23. The summed E-state index contributed by atoms with van der Waals surface area (Å²) in [5, 5.41) is 33.5. The Labute approximate surface area is 559 Å². The fourth-order valence-electron chi connectivity index (χ4n) is 10.1. The van der Waals surface area contributed by atoms with Crippen LogP contribution in [0.3, 0.4) is 0 Å². The maximum Gasteiger partial charge on any atom is 0.326 e. The molecule has 20 nitrogen and oxygen atoms in total. The summed E-state index contributed by atoms with van der Waals surface area (Å²) in [6.07, 6.45) is 19.2. The smallest absolute Gasteiger partial charge is 0.326 e. The van der Waals surface area contributed by atoms with E-state index in [-0.39, 0.29) is 5.69 Å². The van der Waals surface area contributed by atoms with E-state index in [0.717, 1.165) is 56.4 Å². The zero-order valence-electron chi connectivity index (χ0n) is 58.4. The number of rotatable bonds is 0. The van der Waals surface area contributed by atoms with Crippen molar-refractivity contribution >= 4 is 66.5 Å². The Hall–Kier alpha value is -11.5. The van der Waals surface area contributed by atoms with Gasteiger partial charge in [0.15, 0.2) is 11.5 Å². The van der Waals surface area contributed by atoms with Crippen LogP contribution in [0.5, 0.6) is 0 Å². The number of hydrogen-bond donors (Lipinski definition) is 3. The van der Waals surface area contributed by atoms with Gasteiger partial charge in [0.25, 0.3) is 0 Å². The molecule has 12 heterocycles. The normalized spacial score (nSPS) is 10.5. The van der Waals surface area contributed by atoms with E-state index in [4.69, 9.17) is 15.2 Å². The number of H-pyrrole nitrogens is 1. The molecule has 494 valence electrons. The molecule has 0 amide bonds. The largest absolute Gasteiger partial charge is 0.446 e. The number of aryl methyl sites for hydroxylation is 17. The van der Waals surface area contributed by atoms with Crippen LogP contribution < -0.4 is 11.2 Å². The molecule has 0 aliphatic carbocycles. The van der Waals surface area contributed by atoms with Crippen LogP contribution in [0.4, 0.5) is 0 Å². The van der Waals surface area contributed by atoms with Gasteiger partial charge in [0.05, 0.1) is 58.0 Å². The first-order valence-electron chi connectivity index (χ1n) is 31.4. The highest BCUT2D eigenvalue weighted by atomic mass is 16.3. The molecule has 16 aromatic rings. The van der Waals surface area contributed by atoms with E-state index in [2.05, 4.69) is 197 Å². The van der Waals surface area contributed by atoms with E-state index in [1.54, 1.807) is 37.0 Å². The van der Waals surface area contributed by atoms with E-state index < -0.39 is 0 Å². The van der Waals surface area contributed by atoms with Crippen LogP contribution in [0.15, 0.2) is 199 Å². The lowest BCUT2D eigenvalue weighted by molar-refractivity contribution is 0.494. The van der Waals surface area contributed by atoms with Crippen molar-refractivity contribution in [3.63, 3.8) is 0 Å². The molecular formula is C76H88N18O2.